The van der Waals surface area contributed by atoms with Crippen LogP contribution in [0.3, 0.4) is 0 Å². The van der Waals surface area contributed by atoms with Crippen molar-refractivity contribution in [1.29, 1.82) is 0 Å². The Kier molecular flexibility index (Phi) is 9.86. The molecular weight excluding hydrogens is 356 g/mol. The van der Waals surface area contributed by atoms with E-state index in [9.17, 15) is 4.79 Å². The second kappa shape index (κ2) is 12.4. The first-order valence-corrected chi connectivity index (χ1v) is 13.4. The average Bonchev–Trinajstić information content (AvgIpc) is 2.73. The highest BCUT2D eigenvalue weighted by atomic mass is 16.5. The number of rotatable bonds is 11. The monoisotopic (exact) mass is 404 g/mol. The smallest absolute Gasteiger partial charge is 0.306 e. The molecule has 2 heteroatoms. The largest absolute Gasteiger partial charge is 0.462 e. The first kappa shape index (κ1) is 23.1. The molecule has 3 aliphatic carbocycles. The molecule has 3 fully saturated rings. The standard InChI is InChI=1S/C27H48O2/c1-3-5-7-8-10-11-21-13-17-25-22(19-21)14-15-23-20-24(16-18-26(23)25)29-27(28)12-9-6-4-2/h21-26H,3-20H2,1-2H3. The average molecular weight is 405 g/mol. The molecule has 0 aromatic rings. The van der Waals surface area contributed by atoms with Crippen molar-refractivity contribution < 1.29 is 9.53 Å². The van der Waals surface area contributed by atoms with E-state index in [1.54, 1.807) is 0 Å². The van der Waals surface area contributed by atoms with E-state index in [1.165, 1.54) is 83.5 Å². The van der Waals surface area contributed by atoms with Crippen LogP contribution in [0.4, 0.5) is 0 Å². The summed E-state index contributed by atoms with van der Waals surface area (Å²) in [6.45, 7) is 4.49. The van der Waals surface area contributed by atoms with E-state index >= 15 is 0 Å². The molecule has 3 rings (SSSR count). The Morgan fingerprint density at radius 2 is 1.38 bits per heavy atom. The molecule has 6 atom stereocenters. The van der Waals surface area contributed by atoms with Gasteiger partial charge in [0.05, 0.1) is 0 Å². The Labute approximate surface area is 180 Å². The number of fused-ring (bicyclic) bond motifs is 3. The molecule has 3 saturated carbocycles. The molecule has 0 radical (unpaired) electrons. The van der Waals surface area contributed by atoms with E-state index in [2.05, 4.69) is 13.8 Å². The van der Waals surface area contributed by atoms with Gasteiger partial charge >= 0.3 is 5.97 Å². The Hall–Kier alpha value is -0.530. The van der Waals surface area contributed by atoms with Crippen molar-refractivity contribution in [2.24, 2.45) is 29.6 Å². The van der Waals surface area contributed by atoms with Crippen molar-refractivity contribution in [3.63, 3.8) is 0 Å². The van der Waals surface area contributed by atoms with Crippen LogP contribution in [-0.2, 0) is 9.53 Å². The highest BCUT2D eigenvalue weighted by molar-refractivity contribution is 5.69. The Balaban J connectivity index is 1.38. The van der Waals surface area contributed by atoms with Gasteiger partial charge in [0.25, 0.3) is 0 Å². The molecule has 0 aromatic carbocycles. The van der Waals surface area contributed by atoms with Crippen molar-refractivity contribution in [1.82, 2.24) is 0 Å². The highest BCUT2D eigenvalue weighted by Gasteiger charge is 2.44. The van der Waals surface area contributed by atoms with Crippen LogP contribution >= 0.6 is 0 Å². The normalized spacial score (nSPS) is 34.3. The van der Waals surface area contributed by atoms with Crippen LogP contribution < -0.4 is 0 Å². The lowest BCUT2D eigenvalue weighted by atomic mass is 9.56. The van der Waals surface area contributed by atoms with E-state index in [0.717, 1.165) is 55.3 Å². The van der Waals surface area contributed by atoms with Crippen molar-refractivity contribution in [3.8, 4) is 0 Å². The number of ether oxygens (including phenoxy) is 1. The molecule has 0 saturated heterocycles. The number of esters is 1. The Bertz CT molecular complexity index is 473. The summed E-state index contributed by atoms with van der Waals surface area (Å²) in [6, 6.07) is 0. The van der Waals surface area contributed by atoms with Gasteiger partial charge in [0.1, 0.15) is 6.10 Å². The third kappa shape index (κ3) is 7.00. The molecule has 0 bridgehead atoms. The van der Waals surface area contributed by atoms with E-state index in [0.29, 0.717) is 6.42 Å². The summed E-state index contributed by atoms with van der Waals surface area (Å²) in [5.41, 5.74) is 0. The first-order valence-electron chi connectivity index (χ1n) is 13.4. The SMILES string of the molecule is CCCCCCCC1CCC2C(CCC3CC(OC(=O)CCCCC)CCC32)C1. The molecule has 3 aliphatic rings. The van der Waals surface area contributed by atoms with Gasteiger partial charge in [-0.15, -0.1) is 0 Å². The summed E-state index contributed by atoms with van der Waals surface area (Å²) in [7, 11) is 0. The van der Waals surface area contributed by atoms with Crippen LogP contribution in [0.15, 0.2) is 0 Å². The Morgan fingerprint density at radius 1 is 0.724 bits per heavy atom. The van der Waals surface area contributed by atoms with Crippen LogP contribution in [0.25, 0.3) is 0 Å². The van der Waals surface area contributed by atoms with Gasteiger partial charge in [-0.2, -0.15) is 0 Å². The van der Waals surface area contributed by atoms with Crippen LogP contribution in [0.5, 0.6) is 0 Å². The topological polar surface area (TPSA) is 26.3 Å². The Morgan fingerprint density at radius 3 is 2.14 bits per heavy atom. The van der Waals surface area contributed by atoms with Crippen molar-refractivity contribution >= 4 is 5.97 Å². The maximum Gasteiger partial charge on any atom is 0.306 e. The fourth-order valence-corrected chi connectivity index (χ4v) is 7.02. The third-order valence-electron chi connectivity index (χ3n) is 8.60. The number of hydrogen-bond donors (Lipinski definition) is 0. The molecule has 0 heterocycles. The van der Waals surface area contributed by atoms with E-state index in [-0.39, 0.29) is 12.1 Å². The van der Waals surface area contributed by atoms with Crippen LogP contribution in [-0.4, -0.2) is 12.1 Å². The van der Waals surface area contributed by atoms with Gasteiger partial charge in [0.2, 0.25) is 0 Å². The fourth-order valence-electron chi connectivity index (χ4n) is 7.02. The van der Waals surface area contributed by atoms with Gasteiger partial charge in [-0.3, -0.25) is 4.79 Å². The van der Waals surface area contributed by atoms with Crippen molar-refractivity contribution in [2.75, 3.05) is 0 Å². The van der Waals surface area contributed by atoms with Gasteiger partial charge < -0.3 is 4.74 Å². The summed E-state index contributed by atoms with van der Waals surface area (Å²) in [6.07, 6.45) is 23.8. The summed E-state index contributed by atoms with van der Waals surface area (Å²) in [5.74, 6) is 4.87. The molecule has 6 unspecified atom stereocenters. The predicted octanol–water partition coefficient (Wildman–Crippen LogP) is 8.08. The van der Waals surface area contributed by atoms with Crippen LogP contribution in [0, 0.1) is 29.6 Å². The van der Waals surface area contributed by atoms with Gasteiger partial charge in [0.15, 0.2) is 0 Å². The summed E-state index contributed by atoms with van der Waals surface area (Å²) < 4.78 is 5.87. The minimum Gasteiger partial charge on any atom is -0.462 e. The van der Waals surface area contributed by atoms with Crippen LogP contribution in [0.1, 0.15) is 129 Å². The third-order valence-corrected chi connectivity index (χ3v) is 8.60. The zero-order valence-electron chi connectivity index (χ0n) is 19.5. The zero-order chi connectivity index (χ0) is 20.5. The zero-order valence-corrected chi connectivity index (χ0v) is 19.5. The second-order valence-corrected chi connectivity index (χ2v) is 10.7. The summed E-state index contributed by atoms with van der Waals surface area (Å²) in [4.78, 5) is 12.1. The molecule has 2 nitrogen and oxygen atoms in total. The molecule has 0 spiro atoms. The molecule has 0 amide bonds. The number of carbonyl (C=O) groups is 1. The minimum atomic E-state index is 0.0648. The lowest BCUT2D eigenvalue weighted by Gasteiger charge is -2.50. The molecular formula is C27H48O2. The first-order chi connectivity index (χ1) is 14.2. The lowest BCUT2D eigenvalue weighted by molar-refractivity contribution is -0.153. The van der Waals surface area contributed by atoms with E-state index in [4.69, 9.17) is 4.74 Å². The quantitative estimate of drug-likeness (QED) is 0.257. The van der Waals surface area contributed by atoms with Gasteiger partial charge in [-0.25, -0.2) is 0 Å². The number of carbonyl (C=O) groups excluding carboxylic acids is 1. The molecule has 0 aromatic heterocycles. The molecule has 29 heavy (non-hydrogen) atoms. The maximum absolute atomic E-state index is 12.1. The highest BCUT2D eigenvalue weighted by Crippen LogP contribution is 2.53. The number of hydrogen-bond acceptors (Lipinski definition) is 2. The van der Waals surface area contributed by atoms with E-state index < -0.39 is 0 Å². The number of unbranched alkanes of at least 4 members (excludes halogenated alkanes) is 6. The van der Waals surface area contributed by atoms with Gasteiger partial charge in [-0.05, 0) is 81.0 Å². The lowest BCUT2D eigenvalue weighted by Crippen LogP contribution is -2.43. The fraction of sp³-hybridized carbons (Fsp3) is 0.963. The predicted molar refractivity (Wildman–Crippen MR) is 122 cm³/mol. The van der Waals surface area contributed by atoms with E-state index in [1.807, 2.05) is 0 Å². The van der Waals surface area contributed by atoms with Crippen molar-refractivity contribution in [3.05, 3.63) is 0 Å². The summed E-state index contributed by atoms with van der Waals surface area (Å²) in [5, 5.41) is 0. The minimum absolute atomic E-state index is 0.0648. The van der Waals surface area contributed by atoms with Gasteiger partial charge in [0, 0.05) is 6.42 Å². The van der Waals surface area contributed by atoms with Crippen LogP contribution in [0.2, 0.25) is 0 Å². The maximum atomic E-state index is 12.1. The molecule has 168 valence electrons. The van der Waals surface area contributed by atoms with Crippen molar-refractivity contribution in [2.45, 2.75) is 136 Å². The summed E-state index contributed by atoms with van der Waals surface area (Å²) >= 11 is 0. The molecule has 0 N–H and O–H groups in total. The van der Waals surface area contributed by atoms with Gasteiger partial charge in [-0.1, -0.05) is 71.6 Å². The second-order valence-electron chi connectivity index (χ2n) is 10.7. The molecule has 0 aliphatic heterocycles.